The Morgan fingerprint density at radius 3 is 2.24 bits per heavy atom. The topological polar surface area (TPSA) is 75.1 Å². The predicted octanol–water partition coefficient (Wildman–Crippen LogP) is 4.51. The van der Waals surface area contributed by atoms with E-state index in [4.69, 9.17) is 5.11 Å². The smallest absolute Gasteiger partial charge is 0.451 e. The Hall–Kier alpha value is -2.87. The van der Waals surface area contributed by atoms with Crippen molar-refractivity contribution in [1.29, 1.82) is 0 Å². The second-order valence-corrected chi connectivity index (χ2v) is 4.92. The lowest BCUT2D eigenvalue weighted by atomic mass is 10.2. The van der Waals surface area contributed by atoms with E-state index >= 15 is 0 Å². The van der Waals surface area contributed by atoms with Crippen molar-refractivity contribution < 1.29 is 23.1 Å². The van der Waals surface area contributed by atoms with Gasteiger partial charge in [-0.2, -0.15) is 13.2 Å². The van der Waals surface area contributed by atoms with Gasteiger partial charge in [-0.25, -0.2) is 14.8 Å². The number of carboxylic acid groups (broad SMARTS) is 1. The highest BCUT2D eigenvalue weighted by Gasteiger charge is 2.35. The Labute approximate surface area is 145 Å². The van der Waals surface area contributed by atoms with Crippen LogP contribution in [-0.2, 0) is 6.18 Å². The van der Waals surface area contributed by atoms with Crippen molar-refractivity contribution in [3.63, 3.8) is 0 Å². The van der Waals surface area contributed by atoms with Gasteiger partial charge in [0, 0.05) is 11.1 Å². The van der Waals surface area contributed by atoms with Crippen molar-refractivity contribution in [1.82, 2.24) is 9.97 Å². The molecule has 0 saturated carbocycles. The quantitative estimate of drug-likeness (QED) is 0.710. The average Bonchev–Trinajstić information content (AvgIpc) is 2.54. The maximum atomic E-state index is 13.0. The normalized spacial score (nSPS) is 11.0. The highest BCUT2D eigenvalue weighted by atomic mass is 35.5. The summed E-state index contributed by atoms with van der Waals surface area (Å²) in [7, 11) is 0. The molecule has 0 amide bonds. The number of aromatic carboxylic acids is 1. The second-order valence-electron chi connectivity index (χ2n) is 4.92. The van der Waals surface area contributed by atoms with Crippen LogP contribution >= 0.6 is 12.4 Å². The molecule has 0 bridgehead atoms. The lowest BCUT2D eigenvalue weighted by Gasteiger charge is -2.12. The molecule has 3 aromatic rings. The van der Waals surface area contributed by atoms with Crippen LogP contribution in [0, 0.1) is 0 Å². The van der Waals surface area contributed by atoms with E-state index in [1.54, 1.807) is 18.2 Å². The molecule has 3 rings (SSSR count). The van der Waals surface area contributed by atoms with E-state index in [1.807, 2.05) is 0 Å². The van der Waals surface area contributed by atoms with Gasteiger partial charge >= 0.3 is 12.1 Å². The average molecular weight is 370 g/mol. The van der Waals surface area contributed by atoms with Crippen molar-refractivity contribution in [2.75, 3.05) is 5.32 Å². The zero-order valence-electron chi connectivity index (χ0n) is 12.4. The summed E-state index contributed by atoms with van der Waals surface area (Å²) in [6.07, 6.45) is -4.67. The van der Waals surface area contributed by atoms with Crippen LogP contribution in [-0.4, -0.2) is 21.0 Å². The number of hydrogen-bond acceptors (Lipinski definition) is 4. The van der Waals surface area contributed by atoms with Crippen molar-refractivity contribution in [3.8, 4) is 0 Å². The molecule has 1 aromatic heterocycles. The number of benzene rings is 2. The number of hydrogen-bond donors (Lipinski definition) is 2. The summed E-state index contributed by atoms with van der Waals surface area (Å²) in [5.74, 6) is -2.34. The van der Waals surface area contributed by atoms with Gasteiger partial charge in [0.1, 0.15) is 5.82 Å². The Bertz CT molecular complexity index is 915. The lowest BCUT2D eigenvalue weighted by molar-refractivity contribution is -0.144. The van der Waals surface area contributed by atoms with Crippen molar-refractivity contribution in [2.24, 2.45) is 0 Å². The van der Waals surface area contributed by atoms with Gasteiger partial charge in [-0.1, -0.05) is 12.1 Å². The van der Waals surface area contributed by atoms with Crippen LogP contribution in [0.1, 0.15) is 16.2 Å². The number of aromatic nitrogens is 2. The van der Waals surface area contributed by atoms with Crippen molar-refractivity contribution >= 4 is 40.8 Å². The highest BCUT2D eigenvalue weighted by Crippen LogP contribution is 2.31. The second kappa shape index (κ2) is 6.94. The van der Waals surface area contributed by atoms with Crippen molar-refractivity contribution in [2.45, 2.75) is 6.18 Å². The summed E-state index contributed by atoms with van der Waals surface area (Å²) in [5.41, 5.74) is 0.644. The lowest BCUT2D eigenvalue weighted by Crippen LogP contribution is -2.12. The van der Waals surface area contributed by atoms with Crippen molar-refractivity contribution in [3.05, 3.63) is 59.9 Å². The highest BCUT2D eigenvalue weighted by molar-refractivity contribution is 5.91. The molecule has 0 aliphatic heterocycles. The molecule has 2 N–H and O–H groups in total. The van der Waals surface area contributed by atoms with Gasteiger partial charge in [0.2, 0.25) is 5.82 Å². The number of fused-ring (bicyclic) bond motifs is 1. The Morgan fingerprint density at radius 1 is 1.00 bits per heavy atom. The summed E-state index contributed by atoms with van der Waals surface area (Å²) >= 11 is 0. The standard InChI is InChI=1S/C16H10F3N3O2.ClH/c17-16(18,19)15-21-12-4-2-1-3-11(12)13(22-15)20-10-7-5-9(6-8-10)14(23)24;/h1-8H,(H,23,24)(H,20,21,22);1H. The molecule has 9 heteroatoms. The first-order valence-electron chi connectivity index (χ1n) is 6.79. The van der Waals surface area contributed by atoms with Gasteiger partial charge in [0.25, 0.3) is 0 Å². The van der Waals surface area contributed by atoms with Gasteiger partial charge in [-0.15, -0.1) is 12.4 Å². The summed E-state index contributed by atoms with van der Waals surface area (Å²) < 4.78 is 38.9. The van der Waals surface area contributed by atoms with Crippen LogP contribution < -0.4 is 5.32 Å². The number of carboxylic acids is 1. The first-order valence-corrected chi connectivity index (χ1v) is 6.79. The Kier molecular flexibility index (Phi) is 5.13. The molecule has 0 aliphatic carbocycles. The zero-order valence-corrected chi connectivity index (χ0v) is 13.2. The molecule has 0 spiro atoms. The molecule has 0 saturated heterocycles. The Morgan fingerprint density at radius 2 is 1.64 bits per heavy atom. The first kappa shape index (κ1) is 18.5. The van der Waals surface area contributed by atoms with Gasteiger partial charge in [0.05, 0.1) is 11.1 Å². The third-order valence-corrected chi connectivity index (χ3v) is 3.25. The molecule has 5 nitrogen and oxygen atoms in total. The largest absolute Gasteiger partial charge is 0.478 e. The number of para-hydroxylation sites is 1. The molecular weight excluding hydrogens is 359 g/mol. The van der Waals surface area contributed by atoms with E-state index in [-0.39, 0.29) is 29.3 Å². The monoisotopic (exact) mass is 369 g/mol. The van der Waals surface area contributed by atoms with E-state index in [0.717, 1.165) is 0 Å². The molecule has 25 heavy (non-hydrogen) atoms. The molecule has 1 heterocycles. The van der Waals surface area contributed by atoms with Crippen LogP contribution in [0.5, 0.6) is 0 Å². The third kappa shape index (κ3) is 3.97. The van der Waals surface area contributed by atoms with Crippen LogP contribution in [0.15, 0.2) is 48.5 Å². The van der Waals surface area contributed by atoms with Gasteiger partial charge in [-0.3, -0.25) is 0 Å². The van der Waals surface area contributed by atoms with Crippen LogP contribution in [0.2, 0.25) is 0 Å². The first-order chi connectivity index (χ1) is 11.3. The van der Waals surface area contributed by atoms with Gasteiger partial charge in [-0.05, 0) is 36.4 Å². The van der Waals surface area contributed by atoms with E-state index in [2.05, 4.69) is 15.3 Å². The Balaban J connectivity index is 0.00000225. The maximum absolute atomic E-state index is 13.0. The van der Waals surface area contributed by atoms with E-state index in [1.165, 1.54) is 30.3 Å². The number of alkyl halides is 3. The van der Waals surface area contributed by atoms with Gasteiger partial charge in [0.15, 0.2) is 0 Å². The van der Waals surface area contributed by atoms with E-state index < -0.39 is 18.0 Å². The minimum Gasteiger partial charge on any atom is -0.478 e. The molecule has 130 valence electrons. The van der Waals surface area contributed by atoms with Crippen LogP contribution in [0.4, 0.5) is 24.7 Å². The molecule has 2 aromatic carbocycles. The summed E-state index contributed by atoms with van der Waals surface area (Å²) in [6.45, 7) is 0. The van der Waals surface area contributed by atoms with Gasteiger partial charge < -0.3 is 10.4 Å². The number of nitrogens with zero attached hydrogens (tertiary/aromatic N) is 2. The summed E-state index contributed by atoms with van der Waals surface area (Å²) in [6, 6.07) is 11.9. The fourth-order valence-electron chi connectivity index (χ4n) is 2.13. The number of carbonyl (C=O) groups is 1. The molecule has 0 unspecified atom stereocenters. The molecule has 0 atom stereocenters. The number of nitrogens with one attached hydrogen (secondary N) is 1. The minimum atomic E-state index is -4.67. The number of anilines is 2. The predicted molar refractivity (Wildman–Crippen MR) is 88.5 cm³/mol. The fraction of sp³-hybridized carbons (Fsp3) is 0.0625. The zero-order chi connectivity index (χ0) is 17.3. The number of halogens is 4. The third-order valence-electron chi connectivity index (χ3n) is 3.25. The van der Waals surface area contributed by atoms with E-state index in [9.17, 15) is 18.0 Å². The molecule has 0 radical (unpaired) electrons. The SMILES string of the molecule is Cl.O=C(O)c1ccc(Nc2nc(C(F)(F)F)nc3ccccc23)cc1. The fourth-order valence-corrected chi connectivity index (χ4v) is 2.13. The van der Waals surface area contributed by atoms with Crippen LogP contribution in [0.25, 0.3) is 10.9 Å². The molecule has 0 aliphatic rings. The number of rotatable bonds is 3. The van der Waals surface area contributed by atoms with E-state index in [0.29, 0.717) is 11.1 Å². The maximum Gasteiger partial charge on any atom is 0.451 e. The summed E-state index contributed by atoms with van der Waals surface area (Å²) in [4.78, 5) is 17.9. The van der Waals surface area contributed by atoms with Crippen LogP contribution in [0.3, 0.4) is 0 Å². The molecular formula is C16H11ClF3N3O2. The molecule has 0 fully saturated rings. The minimum absolute atomic E-state index is 0. The summed E-state index contributed by atoms with van der Waals surface area (Å²) in [5, 5.41) is 12.1.